The van der Waals surface area contributed by atoms with Crippen molar-refractivity contribution in [3.63, 3.8) is 0 Å². The van der Waals surface area contributed by atoms with E-state index >= 15 is 0 Å². The van der Waals surface area contributed by atoms with Gasteiger partial charge in [0.1, 0.15) is 5.75 Å². The Morgan fingerprint density at radius 3 is 1.86 bits per heavy atom. The molecule has 0 aliphatic carbocycles. The van der Waals surface area contributed by atoms with E-state index in [0.717, 1.165) is 12.3 Å². The van der Waals surface area contributed by atoms with Crippen LogP contribution < -0.4 is 9.74 Å². The number of hydrogen-bond acceptors (Lipinski definition) is 2. The fraction of sp³-hybridized carbons (Fsp3) is 0.667. The summed E-state index contributed by atoms with van der Waals surface area (Å²) in [6.45, 7) is 16.9. The number of benzene rings is 1. The van der Waals surface area contributed by atoms with Crippen LogP contribution in [0.25, 0.3) is 0 Å². The van der Waals surface area contributed by atoms with Gasteiger partial charge < -0.3 is 9.74 Å². The van der Waals surface area contributed by atoms with Crippen molar-refractivity contribution in [3.05, 3.63) is 29.8 Å². The quantitative estimate of drug-likeness (QED) is 0.754. The van der Waals surface area contributed by atoms with Crippen LogP contribution in [0.2, 0.25) is 18.1 Å². The van der Waals surface area contributed by atoms with E-state index in [9.17, 15) is 0 Å². The van der Waals surface area contributed by atoms with Crippen LogP contribution in [-0.4, -0.2) is 21.9 Å². The number of likely N-dealkylation sites (N-methyl/N-ethyl adjacent to an activating group) is 1. The Morgan fingerprint density at radius 2 is 1.48 bits per heavy atom. The molecule has 0 unspecified atom stereocenters. The topological polar surface area (TPSA) is 21.3 Å². The molecule has 0 aromatic heterocycles. The third-order valence-corrected chi connectivity index (χ3v) is 8.79. The van der Waals surface area contributed by atoms with E-state index in [4.69, 9.17) is 4.43 Å². The first-order valence-corrected chi connectivity index (χ1v) is 10.3. The molecule has 0 spiro atoms. The molecule has 0 atom stereocenters. The molecule has 0 aliphatic rings. The van der Waals surface area contributed by atoms with Crippen molar-refractivity contribution in [2.45, 2.75) is 65.6 Å². The highest BCUT2D eigenvalue weighted by Crippen LogP contribution is 2.37. The summed E-state index contributed by atoms with van der Waals surface area (Å²) in [6, 6.07) is 8.63. The summed E-state index contributed by atoms with van der Waals surface area (Å²) in [5.41, 5.74) is 1.49. The number of rotatable bonds is 5. The van der Waals surface area contributed by atoms with Gasteiger partial charge in [-0.2, -0.15) is 0 Å². The molecule has 2 nitrogen and oxygen atoms in total. The fourth-order valence-corrected chi connectivity index (χ4v) is 3.00. The molecule has 3 heteroatoms. The Balaban J connectivity index is 0.00000400. The first kappa shape index (κ1) is 20.2. The average Bonchev–Trinajstić information content (AvgIpc) is 2.27. The molecule has 1 rings (SSSR count). The SMILES string of the molecule is C.CNCC(C)(C)c1ccc(O[Si](C)(C)C(C)(C)C)cc1. The van der Waals surface area contributed by atoms with Gasteiger partial charge >= 0.3 is 0 Å². The van der Waals surface area contributed by atoms with E-state index in [2.05, 4.69) is 77.3 Å². The van der Waals surface area contributed by atoms with E-state index in [0.29, 0.717) is 0 Å². The average molecular weight is 310 g/mol. The second-order valence-electron chi connectivity index (χ2n) is 7.80. The maximum Gasteiger partial charge on any atom is 0.250 e. The number of hydrogen-bond donors (Lipinski definition) is 1. The maximum atomic E-state index is 6.32. The lowest BCUT2D eigenvalue weighted by atomic mass is 9.85. The third-order valence-electron chi connectivity index (χ3n) is 4.43. The van der Waals surface area contributed by atoms with Crippen molar-refractivity contribution in [2.75, 3.05) is 13.6 Å². The van der Waals surface area contributed by atoms with Crippen LogP contribution in [0.4, 0.5) is 0 Å². The lowest BCUT2D eigenvalue weighted by molar-refractivity contribution is 0.483. The van der Waals surface area contributed by atoms with Crippen LogP contribution in [0, 0.1) is 0 Å². The second kappa shape index (κ2) is 6.97. The van der Waals surface area contributed by atoms with E-state index in [1.54, 1.807) is 0 Å². The molecular formula is C18H35NOSi. The summed E-state index contributed by atoms with van der Waals surface area (Å²) < 4.78 is 6.32. The summed E-state index contributed by atoms with van der Waals surface area (Å²) in [5, 5.41) is 3.49. The van der Waals surface area contributed by atoms with Crippen molar-refractivity contribution in [1.82, 2.24) is 5.32 Å². The van der Waals surface area contributed by atoms with Crippen LogP contribution >= 0.6 is 0 Å². The lowest BCUT2D eigenvalue weighted by Gasteiger charge is -2.36. The van der Waals surface area contributed by atoms with E-state index in [1.807, 2.05) is 7.05 Å². The third kappa shape index (κ3) is 5.15. The predicted molar refractivity (Wildman–Crippen MR) is 98.0 cm³/mol. The van der Waals surface area contributed by atoms with Gasteiger partial charge in [0, 0.05) is 12.0 Å². The molecule has 1 aromatic carbocycles. The molecular weight excluding hydrogens is 274 g/mol. The molecule has 0 saturated carbocycles. The van der Waals surface area contributed by atoms with Gasteiger partial charge in [0.15, 0.2) is 0 Å². The smallest absolute Gasteiger partial charge is 0.250 e. The highest BCUT2D eigenvalue weighted by atomic mass is 28.4. The van der Waals surface area contributed by atoms with Gasteiger partial charge in [0.05, 0.1) is 0 Å². The van der Waals surface area contributed by atoms with Gasteiger partial charge in [-0.25, -0.2) is 0 Å². The zero-order valence-corrected chi connectivity index (χ0v) is 15.4. The van der Waals surface area contributed by atoms with Gasteiger partial charge in [-0.15, -0.1) is 0 Å². The summed E-state index contributed by atoms with van der Waals surface area (Å²) >= 11 is 0. The summed E-state index contributed by atoms with van der Waals surface area (Å²) in [5.74, 6) is 1.00. The van der Waals surface area contributed by atoms with Crippen LogP contribution in [-0.2, 0) is 5.41 Å². The van der Waals surface area contributed by atoms with E-state index in [-0.39, 0.29) is 17.9 Å². The predicted octanol–water partition coefficient (Wildman–Crippen LogP) is 5.20. The van der Waals surface area contributed by atoms with Crippen LogP contribution in [0.5, 0.6) is 5.75 Å². The summed E-state index contributed by atoms with van der Waals surface area (Å²) in [4.78, 5) is 0. The van der Waals surface area contributed by atoms with Crippen molar-refractivity contribution < 1.29 is 4.43 Å². The molecule has 0 bridgehead atoms. The molecule has 122 valence electrons. The highest BCUT2D eigenvalue weighted by Gasteiger charge is 2.38. The first-order valence-electron chi connectivity index (χ1n) is 7.44. The van der Waals surface area contributed by atoms with Crippen LogP contribution in [0.3, 0.4) is 0 Å². The molecule has 0 amide bonds. The molecule has 0 fully saturated rings. The monoisotopic (exact) mass is 309 g/mol. The Kier molecular flexibility index (Phi) is 6.70. The molecule has 21 heavy (non-hydrogen) atoms. The number of nitrogens with one attached hydrogen (secondary N) is 1. The normalized spacial score (nSPS) is 12.8. The maximum absolute atomic E-state index is 6.32. The largest absolute Gasteiger partial charge is 0.544 e. The molecule has 0 radical (unpaired) electrons. The molecule has 0 saturated heterocycles. The second-order valence-corrected chi connectivity index (χ2v) is 12.5. The Bertz CT molecular complexity index is 430. The first-order chi connectivity index (χ1) is 8.99. The zero-order chi connectivity index (χ0) is 15.6. The Morgan fingerprint density at radius 1 is 1.00 bits per heavy atom. The molecule has 1 aromatic rings. The van der Waals surface area contributed by atoms with E-state index < -0.39 is 8.32 Å². The van der Waals surface area contributed by atoms with Crippen molar-refractivity contribution in [2.24, 2.45) is 0 Å². The molecule has 0 heterocycles. The minimum absolute atomic E-state index is 0. The van der Waals surface area contributed by atoms with Crippen molar-refractivity contribution in [1.29, 1.82) is 0 Å². The highest BCUT2D eigenvalue weighted by molar-refractivity contribution is 6.74. The Hall–Kier alpha value is -0.803. The van der Waals surface area contributed by atoms with Crippen molar-refractivity contribution in [3.8, 4) is 5.75 Å². The standard InChI is InChI=1S/C17H31NOSi.CH4/c1-16(2,3)20(7,8)19-15-11-9-14(10-12-15)17(4,5)13-18-6;/h9-12,18H,13H2,1-8H3;1H4. The van der Waals surface area contributed by atoms with Gasteiger partial charge in [-0.1, -0.05) is 54.2 Å². The fourth-order valence-electron chi connectivity index (χ4n) is 1.97. The molecule has 1 N–H and O–H groups in total. The van der Waals surface area contributed by atoms with Gasteiger partial charge in [0.25, 0.3) is 0 Å². The van der Waals surface area contributed by atoms with Gasteiger partial charge in [0.2, 0.25) is 8.32 Å². The lowest BCUT2D eigenvalue weighted by Crippen LogP contribution is -2.43. The molecule has 0 aliphatic heterocycles. The van der Waals surface area contributed by atoms with Gasteiger partial charge in [-0.05, 0) is 42.9 Å². The van der Waals surface area contributed by atoms with Crippen LogP contribution in [0.1, 0.15) is 47.6 Å². The summed E-state index contributed by atoms with van der Waals surface area (Å²) in [7, 11) is 0.260. The van der Waals surface area contributed by atoms with Crippen molar-refractivity contribution >= 4 is 8.32 Å². The van der Waals surface area contributed by atoms with E-state index in [1.165, 1.54) is 5.56 Å². The Labute approximate surface area is 133 Å². The zero-order valence-electron chi connectivity index (χ0n) is 14.4. The van der Waals surface area contributed by atoms with Gasteiger partial charge in [-0.3, -0.25) is 0 Å². The minimum Gasteiger partial charge on any atom is -0.544 e. The minimum atomic E-state index is -1.74. The summed E-state index contributed by atoms with van der Waals surface area (Å²) in [6.07, 6.45) is 0. The van der Waals surface area contributed by atoms with Crippen LogP contribution in [0.15, 0.2) is 24.3 Å².